The third-order valence-electron chi connectivity index (χ3n) is 1.90. The molecule has 0 saturated carbocycles. The summed E-state index contributed by atoms with van der Waals surface area (Å²) in [6.07, 6.45) is 0. The second-order valence-corrected chi connectivity index (χ2v) is 4.79. The summed E-state index contributed by atoms with van der Waals surface area (Å²) in [5.41, 5.74) is 0. The predicted molar refractivity (Wildman–Crippen MR) is 71.4 cm³/mol. The van der Waals surface area contributed by atoms with E-state index in [0.717, 1.165) is 4.47 Å². The molecular weight excluding hydrogens is 284 g/mol. The van der Waals surface area contributed by atoms with Gasteiger partial charge in [0.15, 0.2) is 0 Å². The van der Waals surface area contributed by atoms with Crippen LogP contribution in [0, 0.1) is 0 Å². The maximum atomic E-state index is 4.50. The van der Waals surface area contributed by atoms with E-state index in [4.69, 9.17) is 0 Å². The Balaban J connectivity index is 0.000000221. The van der Waals surface area contributed by atoms with Crippen molar-refractivity contribution in [1.82, 2.24) is 0 Å². The Morgan fingerprint density at radius 2 is 1.56 bits per heavy atom. The van der Waals surface area contributed by atoms with Gasteiger partial charge in [-0.2, -0.15) is 0 Å². The van der Waals surface area contributed by atoms with Crippen LogP contribution in [0.3, 0.4) is 0 Å². The summed E-state index contributed by atoms with van der Waals surface area (Å²) < 4.78 is 10.2. The van der Waals surface area contributed by atoms with E-state index in [-0.39, 0.29) is 10.0 Å². The van der Waals surface area contributed by atoms with Crippen LogP contribution in [0.1, 0.15) is 0 Å². The van der Waals surface area contributed by atoms with Gasteiger partial charge in [-0.3, -0.25) is 0 Å². The molecule has 0 aliphatic rings. The van der Waals surface area contributed by atoms with Crippen LogP contribution in [0.4, 0.5) is 0 Å². The Labute approximate surface area is 107 Å². The first-order chi connectivity index (χ1) is 7.79. The number of rotatable bonds is 2. The van der Waals surface area contributed by atoms with Gasteiger partial charge in [0.05, 0.1) is 0 Å². The van der Waals surface area contributed by atoms with E-state index in [2.05, 4.69) is 55.1 Å². The highest BCUT2D eigenvalue weighted by atomic mass is 79.9. The molecule has 4 heteroatoms. The lowest BCUT2D eigenvalue weighted by Crippen LogP contribution is -1.93. The first kappa shape index (κ1) is 13.4. The molecule has 0 atom stereocenters. The molecule has 2 aromatic carbocycles. The summed E-state index contributed by atoms with van der Waals surface area (Å²) in [7, 11) is 3.40. The topological polar surface area (TPSA) is 18.5 Å². The van der Waals surface area contributed by atoms with Crippen LogP contribution in [0.25, 0.3) is 10.8 Å². The molecule has 0 bridgehead atoms. The normalized spacial score (nSPS) is 9.69. The molecule has 84 valence electrons. The van der Waals surface area contributed by atoms with Crippen LogP contribution >= 0.6 is 15.9 Å². The van der Waals surface area contributed by atoms with Gasteiger partial charge in [0, 0.05) is 18.7 Å². The summed E-state index contributed by atoms with van der Waals surface area (Å²) in [6.45, 7) is 0. The fraction of sp³-hybridized carbons (Fsp3) is 0.167. The van der Waals surface area contributed by atoms with Crippen LogP contribution in [-0.4, -0.2) is 24.2 Å². The minimum Gasteiger partial charge on any atom is -0.396 e. The zero-order chi connectivity index (χ0) is 11.8. The molecule has 2 aromatic rings. The third-order valence-corrected chi connectivity index (χ3v) is 2.93. The summed E-state index contributed by atoms with van der Waals surface area (Å²) >= 11 is 3.50. The molecule has 0 spiro atoms. The van der Waals surface area contributed by atoms with Crippen molar-refractivity contribution in [1.29, 1.82) is 0 Å². The van der Waals surface area contributed by atoms with Gasteiger partial charge in [0.2, 0.25) is 0 Å². The molecule has 2 rings (SSSR count). The number of benzene rings is 2. The van der Waals surface area contributed by atoms with E-state index >= 15 is 0 Å². The van der Waals surface area contributed by atoms with Crippen LogP contribution in [-0.2, 0) is 8.85 Å². The van der Waals surface area contributed by atoms with Crippen molar-refractivity contribution in [3.05, 3.63) is 46.9 Å². The van der Waals surface area contributed by atoms with Crippen molar-refractivity contribution < 1.29 is 8.85 Å². The second-order valence-electron chi connectivity index (χ2n) is 2.95. The minimum atomic E-state index is 0.198. The molecule has 0 saturated heterocycles. The van der Waals surface area contributed by atoms with Crippen molar-refractivity contribution >= 4 is 36.7 Å². The van der Waals surface area contributed by atoms with Gasteiger partial charge in [-0.1, -0.05) is 52.3 Å². The highest BCUT2D eigenvalue weighted by Crippen LogP contribution is 2.22. The fourth-order valence-electron chi connectivity index (χ4n) is 1.27. The van der Waals surface area contributed by atoms with Gasteiger partial charge in [0.25, 0.3) is 0 Å². The van der Waals surface area contributed by atoms with Crippen LogP contribution in [0.15, 0.2) is 46.9 Å². The van der Waals surface area contributed by atoms with Gasteiger partial charge in [-0.05, 0) is 16.8 Å². The highest BCUT2D eigenvalue weighted by molar-refractivity contribution is 9.10. The first-order valence-corrected chi connectivity index (χ1v) is 6.34. The van der Waals surface area contributed by atoms with Crippen LogP contribution < -0.4 is 0 Å². The van der Waals surface area contributed by atoms with E-state index < -0.39 is 0 Å². The molecule has 0 aliphatic heterocycles. The lowest BCUT2D eigenvalue weighted by atomic mass is 10.1. The second kappa shape index (κ2) is 7.57. The van der Waals surface area contributed by atoms with E-state index in [0.29, 0.717) is 0 Å². The van der Waals surface area contributed by atoms with E-state index in [1.165, 1.54) is 10.8 Å². The van der Waals surface area contributed by atoms with Gasteiger partial charge < -0.3 is 8.85 Å². The van der Waals surface area contributed by atoms with Crippen molar-refractivity contribution in [3.8, 4) is 0 Å². The maximum Gasteiger partial charge on any atom is 0.432 e. The summed E-state index contributed by atoms with van der Waals surface area (Å²) in [5, 5.41) is 2.55. The number of fused-ring (bicyclic) bond motifs is 1. The quantitative estimate of drug-likeness (QED) is 0.791. The average Bonchev–Trinajstić information content (AvgIpc) is 2.32. The third kappa shape index (κ3) is 4.06. The number of hydrogen-bond donors (Lipinski definition) is 0. The lowest BCUT2D eigenvalue weighted by Gasteiger charge is -1.97. The highest BCUT2D eigenvalue weighted by Gasteiger charge is 1.93. The maximum absolute atomic E-state index is 4.50. The van der Waals surface area contributed by atoms with Crippen molar-refractivity contribution in [3.63, 3.8) is 0 Å². The first-order valence-electron chi connectivity index (χ1n) is 4.74. The molecule has 0 amide bonds. The zero-order valence-electron chi connectivity index (χ0n) is 9.24. The Morgan fingerprint density at radius 3 is 2.12 bits per heavy atom. The van der Waals surface area contributed by atoms with Gasteiger partial charge >= 0.3 is 10.0 Å². The lowest BCUT2D eigenvalue weighted by molar-refractivity contribution is 0.309. The van der Waals surface area contributed by atoms with Crippen molar-refractivity contribution in [2.45, 2.75) is 0 Å². The molecule has 2 nitrogen and oxygen atoms in total. The Morgan fingerprint density at radius 1 is 0.938 bits per heavy atom. The van der Waals surface area contributed by atoms with Crippen molar-refractivity contribution in [2.75, 3.05) is 14.2 Å². The van der Waals surface area contributed by atoms with Gasteiger partial charge in [0.1, 0.15) is 0 Å². The van der Waals surface area contributed by atoms with Crippen LogP contribution in [0.5, 0.6) is 0 Å². The largest absolute Gasteiger partial charge is 0.432 e. The summed E-state index contributed by atoms with van der Waals surface area (Å²) in [5.74, 6) is 0. The van der Waals surface area contributed by atoms with Gasteiger partial charge in [-0.15, -0.1) is 0 Å². The summed E-state index contributed by atoms with van der Waals surface area (Å²) in [6, 6.07) is 14.5. The van der Waals surface area contributed by atoms with E-state index in [9.17, 15) is 0 Å². The Hall–Kier alpha value is -0.683. The summed E-state index contributed by atoms with van der Waals surface area (Å²) in [4.78, 5) is 0. The number of hydrogen-bond acceptors (Lipinski definition) is 2. The minimum absolute atomic E-state index is 0.198. The predicted octanol–water partition coefficient (Wildman–Crippen LogP) is 3.42. The standard InChI is InChI=1S/C10H7Br.C2H6O2Si/c11-10-7-3-5-8-4-1-2-6-9(8)10;1-3-5-4-2/h1-7H;1-2H3. The molecule has 16 heavy (non-hydrogen) atoms. The molecule has 0 N–H and O–H groups in total. The van der Waals surface area contributed by atoms with E-state index in [1.54, 1.807) is 14.2 Å². The fourth-order valence-corrected chi connectivity index (χ4v) is 1.95. The molecular formula is C12H13BrO2Si. The molecule has 0 fully saturated rings. The Bertz CT molecular complexity index is 427. The monoisotopic (exact) mass is 296 g/mol. The molecule has 0 aromatic heterocycles. The SMILES string of the molecule is Brc1cccc2ccccc12.CO[Si]OC. The molecule has 0 heterocycles. The van der Waals surface area contributed by atoms with Crippen LogP contribution in [0.2, 0.25) is 0 Å². The van der Waals surface area contributed by atoms with Gasteiger partial charge in [-0.25, -0.2) is 0 Å². The number of halogens is 1. The zero-order valence-corrected chi connectivity index (χ0v) is 11.8. The molecule has 2 radical (unpaired) electrons. The van der Waals surface area contributed by atoms with Crippen molar-refractivity contribution in [2.24, 2.45) is 0 Å². The molecule has 0 aliphatic carbocycles. The Kier molecular flexibility index (Phi) is 6.33. The smallest absolute Gasteiger partial charge is 0.396 e. The average molecular weight is 297 g/mol. The van der Waals surface area contributed by atoms with E-state index in [1.807, 2.05) is 12.1 Å². The molecule has 0 unspecified atom stereocenters.